The van der Waals surface area contributed by atoms with Gasteiger partial charge in [-0.3, -0.25) is 4.79 Å². The summed E-state index contributed by atoms with van der Waals surface area (Å²) in [5, 5.41) is 6.20. The summed E-state index contributed by atoms with van der Waals surface area (Å²) in [4.78, 5) is 17.2. The van der Waals surface area contributed by atoms with Crippen molar-refractivity contribution in [2.24, 2.45) is 5.14 Å². The van der Waals surface area contributed by atoms with E-state index in [1.165, 1.54) is 0 Å². The van der Waals surface area contributed by atoms with E-state index in [4.69, 9.17) is 5.14 Å². The van der Waals surface area contributed by atoms with Crippen molar-refractivity contribution in [1.82, 2.24) is 9.71 Å². The topological polar surface area (TPSA) is 108 Å². The standard InChI is InChI=1S/C21H24N4O3S.ClH/c22-29(27,28)23-15-21(16-6-2-1-3-7-16)10-12-25(13-11-21)19-14-20(26)24-18-9-5-4-8-17(18)19;/h1-9,14,23H,10-13,15H2,(H,24,26)(H2,22,27,28);1H. The molecule has 9 heteroatoms. The number of anilines is 1. The molecule has 0 amide bonds. The van der Waals surface area contributed by atoms with Crippen LogP contribution in [0.3, 0.4) is 0 Å². The first-order chi connectivity index (χ1) is 13.9. The van der Waals surface area contributed by atoms with Crippen molar-refractivity contribution in [2.75, 3.05) is 24.5 Å². The first-order valence-electron chi connectivity index (χ1n) is 9.56. The van der Waals surface area contributed by atoms with Gasteiger partial charge in [0.1, 0.15) is 0 Å². The number of aromatic nitrogens is 1. The number of rotatable bonds is 5. The van der Waals surface area contributed by atoms with Gasteiger partial charge in [-0.15, -0.1) is 12.4 Å². The van der Waals surface area contributed by atoms with Gasteiger partial charge in [-0.05, 0) is 24.5 Å². The van der Waals surface area contributed by atoms with Gasteiger partial charge in [-0.2, -0.15) is 8.42 Å². The summed E-state index contributed by atoms with van der Waals surface area (Å²) in [7, 11) is -3.78. The lowest BCUT2D eigenvalue weighted by Gasteiger charge is -2.43. The molecule has 0 aliphatic carbocycles. The number of pyridine rings is 1. The summed E-state index contributed by atoms with van der Waals surface area (Å²) in [6.07, 6.45) is 1.47. The van der Waals surface area contributed by atoms with Crippen LogP contribution in [0.2, 0.25) is 0 Å². The van der Waals surface area contributed by atoms with Crippen LogP contribution in [0.5, 0.6) is 0 Å². The van der Waals surface area contributed by atoms with Gasteiger partial charge in [0.05, 0.1) is 11.2 Å². The molecule has 1 aliphatic rings. The van der Waals surface area contributed by atoms with Crippen LogP contribution in [0, 0.1) is 0 Å². The third kappa shape index (κ3) is 4.67. The number of nitrogens with zero attached hydrogens (tertiary/aromatic N) is 1. The van der Waals surface area contributed by atoms with E-state index in [1.54, 1.807) is 6.07 Å². The summed E-state index contributed by atoms with van der Waals surface area (Å²) in [6, 6.07) is 19.3. The minimum absolute atomic E-state index is 0. The lowest BCUT2D eigenvalue weighted by molar-refractivity contribution is 0.330. The van der Waals surface area contributed by atoms with E-state index in [-0.39, 0.29) is 29.9 Å². The molecule has 30 heavy (non-hydrogen) atoms. The number of fused-ring (bicyclic) bond motifs is 1. The number of hydrogen-bond acceptors (Lipinski definition) is 4. The lowest BCUT2D eigenvalue weighted by atomic mass is 9.72. The minimum atomic E-state index is -3.78. The molecule has 160 valence electrons. The maximum Gasteiger partial charge on any atom is 0.274 e. The molecular formula is C21H25ClN4O3S. The molecule has 4 N–H and O–H groups in total. The number of piperidine rings is 1. The molecule has 0 bridgehead atoms. The van der Waals surface area contributed by atoms with Crippen LogP contribution in [0.15, 0.2) is 65.5 Å². The third-order valence-corrected chi connectivity index (χ3v) is 6.33. The van der Waals surface area contributed by atoms with Gasteiger partial charge >= 0.3 is 0 Å². The fraction of sp³-hybridized carbons (Fsp3) is 0.286. The van der Waals surface area contributed by atoms with Gasteiger partial charge in [0.2, 0.25) is 5.56 Å². The molecule has 2 heterocycles. The molecule has 1 aliphatic heterocycles. The lowest BCUT2D eigenvalue weighted by Crippen LogP contribution is -2.50. The number of para-hydroxylation sites is 1. The molecule has 0 radical (unpaired) electrons. The molecule has 1 aromatic heterocycles. The van der Waals surface area contributed by atoms with Crippen LogP contribution >= 0.6 is 12.4 Å². The average Bonchev–Trinajstić information content (AvgIpc) is 2.72. The molecule has 0 spiro atoms. The summed E-state index contributed by atoms with van der Waals surface area (Å²) in [5.41, 5.74) is 2.33. The zero-order valence-electron chi connectivity index (χ0n) is 16.4. The van der Waals surface area contributed by atoms with Gasteiger partial charge in [0, 0.05) is 36.5 Å². The second kappa shape index (κ2) is 8.77. The van der Waals surface area contributed by atoms with E-state index < -0.39 is 10.2 Å². The Morgan fingerprint density at radius 3 is 2.33 bits per heavy atom. The number of benzene rings is 2. The molecule has 1 fully saturated rings. The molecule has 1 saturated heterocycles. The van der Waals surface area contributed by atoms with Crippen LogP contribution in [0.4, 0.5) is 5.69 Å². The fourth-order valence-electron chi connectivity index (χ4n) is 4.22. The van der Waals surface area contributed by atoms with Crippen molar-refractivity contribution in [3.05, 3.63) is 76.6 Å². The molecule has 0 atom stereocenters. The summed E-state index contributed by atoms with van der Waals surface area (Å²) in [5.74, 6) is 0. The van der Waals surface area contributed by atoms with E-state index >= 15 is 0 Å². The number of halogens is 1. The van der Waals surface area contributed by atoms with E-state index in [0.717, 1.165) is 35.0 Å². The first kappa shape index (κ1) is 22.3. The van der Waals surface area contributed by atoms with Crippen LogP contribution in [0.1, 0.15) is 18.4 Å². The Labute approximate surface area is 181 Å². The number of hydrogen-bond donors (Lipinski definition) is 3. The smallest absolute Gasteiger partial charge is 0.274 e. The van der Waals surface area contributed by atoms with Gasteiger partial charge in [0.25, 0.3) is 10.2 Å². The van der Waals surface area contributed by atoms with Gasteiger partial charge in [-0.1, -0.05) is 48.5 Å². The summed E-state index contributed by atoms with van der Waals surface area (Å²) in [6.45, 7) is 1.66. The predicted octanol–water partition coefficient (Wildman–Crippen LogP) is 2.28. The van der Waals surface area contributed by atoms with Gasteiger partial charge < -0.3 is 9.88 Å². The van der Waals surface area contributed by atoms with Crippen LogP contribution in [-0.2, 0) is 15.6 Å². The highest BCUT2D eigenvalue weighted by molar-refractivity contribution is 7.87. The Kier molecular flexibility index (Phi) is 6.52. The van der Waals surface area contributed by atoms with E-state index in [1.807, 2.05) is 54.6 Å². The largest absolute Gasteiger partial charge is 0.371 e. The fourth-order valence-corrected chi connectivity index (χ4v) is 4.70. The normalized spacial score (nSPS) is 16.2. The molecule has 0 unspecified atom stereocenters. The monoisotopic (exact) mass is 448 g/mol. The summed E-state index contributed by atoms with van der Waals surface area (Å²) < 4.78 is 25.6. The van der Waals surface area contributed by atoms with Crippen molar-refractivity contribution in [3.8, 4) is 0 Å². The molecule has 7 nitrogen and oxygen atoms in total. The second-order valence-electron chi connectivity index (χ2n) is 7.56. The zero-order chi connectivity index (χ0) is 20.5. The minimum Gasteiger partial charge on any atom is -0.371 e. The predicted molar refractivity (Wildman–Crippen MR) is 122 cm³/mol. The Morgan fingerprint density at radius 2 is 1.67 bits per heavy atom. The van der Waals surface area contributed by atoms with E-state index in [0.29, 0.717) is 13.1 Å². The maximum absolute atomic E-state index is 12.1. The first-order valence-corrected chi connectivity index (χ1v) is 11.1. The van der Waals surface area contributed by atoms with Gasteiger partial charge in [-0.25, -0.2) is 9.86 Å². The van der Waals surface area contributed by atoms with Crippen molar-refractivity contribution in [3.63, 3.8) is 0 Å². The number of nitrogens with one attached hydrogen (secondary N) is 2. The Morgan fingerprint density at radius 1 is 1.03 bits per heavy atom. The second-order valence-corrected chi connectivity index (χ2v) is 8.94. The Hall–Kier alpha value is -2.39. The number of nitrogens with two attached hydrogens (primary N) is 1. The molecule has 4 rings (SSSR count). The van der Waals surface area contributed by atoms with E-state index in [9.17, 15) is 13.2 Å². The van der Waals surface area contributed by atoms with Crippen LogP contribution < -0.4 is 20.3 Å². The number of aromatic amines is 1. The van der Waals surface area contributed by atoms with Crippen LogP contribution in [-0.4, -0.2) is 33.0 Å². The molecule has 2 aromatic carbocycles. The molecule has 3 aromatic rings. The number of H-pyrrole nitrogens is 1. The zero-order valence-corrected chi connectivity index (χ0v) is 18.0. The van der Waals surface area contributed by atoms with E-state index in [2.05, 4.69) is 14.6 Å². The Bertz CT molecular complexity index is 1170. The molecule has 0 saturated carbocycles. The molecular weight excluding hydrogens is 424 g/mol. The highest BCUT2D eigenvalue weighted by atomic mass is 35.5. The maximum atomic E-state index is 12.1. The highest BCUT2D eigenvalue weighted by Gasteiger charge is 2.37. The van der Waals surface area contributed by atoms with Crippen molar-refractivity contribution >= 4 is 39.2 Å². The van der Waals surface area contributed by atoms with Crippen molar-refractivity contribution in [1.29, 1.82) is 0 Å². The Balaban J connectivity index is 0.00000256. The SMILES string of the molecule is Cl.NS(=O)(=O)NCC1(c2ccccc2)CCN(c2cc(=O)[nH]c3ccccc23)CC1. The highest BCUT2D eigenvalue weighted by Crippen LogP contribution is 2.37. The quantitative estimate of drug-likeness (QED) is 0.556. The average molecular weight is 449 g/mol. The van der Waals surface area contributed by atoms with Crippen molar-refractivity contribution in [2.45, 2.75) is 18.3 Å². The van der Waals surface area contributed by atoms with Gasteiger partial charge in [0.15, 0.2) is 0 Å². The summed E-state index contributed by atoms with van der Waals surface area (Å²) >= 11 is 0. The van der Waals surface area contributed by atoms with Crippen LogP contribution in [0.25, 0.3) is 10.9 Å². The third-order valence-electron chi connectivity index (χ3n) is 5.79. The van der Waals surface area contributed by atoms with Crippen molar-refractivity contribution < 1.29 is 8.42 Å².